The topological polar surface area (TPSA) is 45.3 Å². The van der Waals surface area contributed by atoms with Crippen LogP contribution in [-0.2, 0) is 21.4 Å². The number of rotatable bonds is 2. The maximum Gasteiger partial charge on any atom is 0.319 e. The van der Waals surface area contributed by atoms with E-state index in [4.69, 9.17) is 4.74 Å². The number of hydrogen-bond acceptors (Lipinski definition) is 3. The van der Waals surface area contributed by atoms with Gasteiger partial charge in [-0.1, -0.05) is 31.5 Å². The van der Waals surface area contributed by atoms with Crippen molar-refractivity contribution >= 4 is 16.9 Å². The van der Waals surface area contributed by atoms with Gasteiger partial charge in [0.05, 0.1) is 7.11 Å². The third kappa shape index (κ3) is 1.89. The quantitative estimate of drug-likeness (QED) is 0.855. The summed E-state index contributed by atoms with van der Waals surface area (Å²) in [6.45, 7) is 4.46. The van der Waals surface area contributed by atoms with Crippen molar-refractivity contribution in [1.82, 2.24) is 9.88 Å². The molecule has 25 heavy (non-hydrogen) atoms. The van der Waals surface area contributed by atoms with Gasteiger partial charge < -0.3 is 9.72 Å². The zero-order chi connectivity index (χ0) is 17.2. The van der Waals surface area contributed by atoms with Gasteiger partial charge >= 0.3 is 5.97 Å². The van der Waals surface area contributed by atoms with E-state index < -0.39 is 5.41 Å². The van der Waals surface area contributed by atoms with E-state index >= 15 is 0 Å². The van der Waals surface area contributed by atoms with Gasteiger partial charge in [0.1, 0.15) is 5.41 Å². The van der Waals surface area contributed by atoms with Gasteiger partial charge in [0.15, 0.2) is 0 Å². The van der Waals surface area contributed by atoms with Gasteiger partial charge in [0, 0.05) is 35.7 Å². The summed E-state index contributed by atoms with van der Waals surface area (Å²) >= 11 is 0. The average Bonchev–Trinajstić information content (AvgIpc) is 3.00. The van der Waals surface area contributed by atoms with Crippen LogP contribution in [-0.4, -0.2) is 42.1 Å². The maximum atomic E-state index is 13.3. The molecule has 1 aliphatic carbocycles. The van der Waals surface area contributed by atoms with E-state index in [-0.39, 0.29) is 12.0 Å². The van der Waals surface area contributed by atoms with Gasteiger partial charge in [0.2, 0.25) is 0 Å². The standard InChI is InChI=1S/C21H26N2O2/c1-3-14-10-13-11-21(20(24)25-2)18-16(8-9-23(12-13)19(14)21)15-6-4-5-7-17(15)22-18/h4-7,13-14,19,22H,3,8-12H2,1-2H3/t13-,14?,19?,21?/m1/s1. The van der Waals surface area contributed by atoms with Crippen LogP contribution in [0.3, 0.4) is 0 Å². The van der Waals surface area contributed by atoms with Crippen LogP contribution in [0.5, 0.6) is 0 Å². The van der Waals surface area contributed by atoms with Crippen LogP contribution in [0.25, 0.3) is 10.9 Å². The molecule has 3 fully saturated rings. The number of fused-ring (bicyclic) bond motifs is 4. The minimum absolute atomic E-state index is 0.0416. The van der Waals surface area contributed by atoms with Crippen LogP contribution in [0, 0.1) is 11.8 Å². The lowest BCUT2D eigenvalue weighted by molar-refractivity contribution is -0.162. The summed E-state index contributed by atoms with van der Waals surface area (Å²) in [4.78, 5) is 19.5. The number of methoxy groups -OCH3 is 1. The van der Waals surface area contributed by atoms with E-state index in [2.05, 4.69) is 41.1 Å². The summed E-state index contributed by atoms with van der Waals surface area (Å²) < 4.78 is 5.43. The first-order chi connectivity index (χ1) is 12.2. The fourth-order valence-electron chi connectivity index (χ4n) is 6.27. The Kier molecular flexibility index (Phi) is 3.30. The number of benzene rings is 1. The first-order valence-electron chi connectivity index (χ1n) is 9.61. The number of hydrogen-bond donors (Lipinski definition) is 1. The highest BCUT2D eigenvalue weighted by Crippen LogP contribution is 2.55. The Labute approximate surface area is 148 Å². The minimum atomic E-state index is -0.526. The molecule has 1 aromatic carbocycles. The molecule has 4 nitrogen and oxygen atoms in total. The number of carbonyl (C=O) groups excluding carboxylic acids is 1. The number of carbonyl (C=O) groups is 1. The van der Waals surface area contributed by atoms with Crippen molar-refractivity contribution in [3.63, 3.8) is 0 Å². The Bertz CT molecular complexity index is 842. The summed E-state index contributed by atoms with van der Waals surface area (Å²) in [5.41, 5.74) is 3.11. The number of nitrogens with one attached hydrogen (secondary N) is 1. The normalized spacial score (nSPS) is 36.1. The monoisotopic (exact) mass is 338 g/mol. The van der Waals surface area contributed by atoms with Crippen LogP contribution in [0.4, 0.5) is 0 Å². The molecule has 6 rings (SSSR count). The Balaban J connectivity index is 1.81. The van der Waals surface area contributed by atoms with Crippen LogP contribution >= 0.6 is 0 Å². The molecule has 2 aromatic rings. The van der Waals surface area contributed by atoms with Crippen molar-refractivity contribution in [2.24, 2.45) is 11.8 Å². The van der Waals surface area contributed by atoms with Gasteiger partial charge in [0.25, 0.3) is 0 Å². The zero-order valence-corrected chi connectivity index (χ0v) is 15.0. The van der Waals surface area contributed by atoms with Crippen molar-refractivity contribution in [3.05, 3.63) is 35.5 Å². The van der Waals surface area contributed by atoms with Crippen molar-refractivity contribution in [1.29, 1.82) is 0 Å². The SMILES string of the molecule is CCC1C[C@H]2CN3CCc4c([nH]c5ccccc45)C(C(=O)OC)(C2)C13. The van der Waals surface area contributed by atoms with Gasteiger partial charge in [-0.05, 0) is 42.7 Å². The Morgan fingerprint density at radius 2 is 2.24 bits per heavy atom. The first kappa shape index (κ1) is 15.4. The molecule has 4 bridgehead atoms. The molecular formula is C21H26N2O2. The van der Waals surface area contributed by atoms with Crippen molar-refractivity contribution in [3.8, 4) is 0 Å². The second-order valence-electron chi connectivity index (χ2n) is 8.15. The van der Waals surface area contributed by atoms with Crippen molar-refractivity contribution < 1.29 is 9.53 Å². The predicted octanol–water partition coefficient (Wildman–Crippen LogP) is 3.26. The number of ether oxygens (including phenoxy) is 1. The lowest BCUT2D eigenvalue weighted by atomic mass is 9.56. The molecule has 4 aliphatic rings. The summed E-state index contributed by atoms with van der Waals surface area (Å²) in [5.74, 6) is 1.12. The Hall–Kier alpha value is -1.81. The van der Waals surface area contributed by atoms with Crippen LogP contribution < -0.4 is 0 Å². The summed E-state index contributed by atoms with van der Waals surface area (Å²) in [7, 11) is 1.55. The molecule has 5 atom stereocenters. The number of nitrogens with zero attached hydrogens (tertiary/aromatic N) is 1. The third-order valence-corrected chi connectivity index (χ3v) is 7.07. The van der Waals surface area contributed by atoms with Crippen molar-refractivity contribution in [2.45, 2.75) is 44.1 Å². The highest BCUT2D eigenvalue weighted by atomic mass is 16.5. The Morgan fingerprint density at radius 3 is 3.04 bits per heavy atom. The number of aromatic amines is 1. The summed E-state index contributed by atoms with van der Waals surface area (Å²) in [6.07, 6.45) is 4.33. The Morgan fingerprint density at radius 1 is 1.40 bits per heavy atom. The lowest BCUT2D eigenvalue weighted by Gasteiger charge is -2.57. The number of piperidine rings is 2. The van der Waals surface area contributed by atoms with E-state index in [9.17, 15) is 4.79 Å². The number of esters is 1. The largest absolute Gasteiger partial charge is 0.468 e. The minimum Gasteiger partial charge on any atom is -0.468 e. The average molecular weight is 338 g/mol. The van der Waals surface area contributed by atoms with E-state index in [1.54, 1.807) is 7.11 Å². The molecule has 2 saturated heterocycles. The molecule has 3 aliphatic heterocycles. The van der Waals surface area contributed by atoms with E-state index in [0.29, 0.717) is 11.8 Å². The van der Waals surface area contributed by atoms with E-state index in [1.165, 1.54) is 17.4 Å². The zero-order valence-electron chi connectivity index (χ0n) is 15.0. The molecule has 4 heterocycles. The van der Waals surface area contributed by atoms with Crippen LogP contribution in [0.1, 0.15) is 37.4 Å². The summed E-state index contributed by atoms with van der Waals surface area (Å²) in [6, 6.07) is 8.75. The fraction of sp³-hybridized carbons (Fsp3) is 0.571. The summed E-state index contributed by atoms with van der Waals surface area (Å²) in [5, 5.41) is 1.28. The molecule has 1 N–H and O–H groups in total. The molecule has 1 aromatic heterocycles. The highest BCUT2D eigenvalue weighted by Gasteiger charge is 2.62. The second-order valence-corrected chi connectivity index (χ2v) is 8.15. The predicted molar refractivity (Wildman–Crippen MR) is 97.6 cm³/mol. The molecule has 0 spiro atoms. The molecular weight excluding hydrogens is 312 g/mol. The highest BCUT2D eigenvalue weighted by molar-refractivity contribution is 5.91. The van der Waals surface area contributed by atoms with E-state index in [0.717, 1.165) is 43.6 Å². The number of para-hydroxylation sites is 1. The third-order valence-electron chi connectivity index (χ3n) is 7.07. The van der Waals surface area contributed by atoms with E-state index in [1.807, 2.05) is 0 Å². The molecule has 4 unspecified atom stereocenters. The fourth-order valence-corrected chi connectivity index (χ4v) is 6.27. The first-order valence-corrected chi connectivity index (χ1v) is 9.61. The lowest BCUT2D eigenvalue weighted by Crippen LogP contribution is -2.67. The van der Waals surface area contributed by atoms with Gasteiger partial charge in [-0.25, -0.2) is 0 Å². The van der Waals surface area contributed by atoms with Gasteiger partial charge in [-0.2, -0.15) is 0 Å². The molecule has 0 radical (unpaired) electrons. The smallest absolute Gasteiger partial charge is 0.319 e. The van der Waals surface area contributed by atoms with Crippen molar-refractivity contribution in [2.75, 3.05) is 20.2 Å². The molecule has 4 heteroatoms. The maximum absolute atomic E-state index is 13.3. The van der Waals surface area contributed by atoms with Gasteiger partial charge in [-0.15, -0.1) is 0 Å². The van der Waals surface area contributed by atoms with Crippen LogP contribution in [0.2, 0.25) is 0 Å². The molecule has 0 amide bonds. The molecule has 1 saturated carbocycles. The second kappa shape index (κ2) is 5.34. The number of H-pyrrole nitrogens is 1. The van der Waals surface area contributed by atoms with Gasteiger partial charge in [-0.3, -0.25) is 9.69 Å². The number of aromatic nitrogens is 1. The molecule has 132 valence electrons. The van der Waals surface area contributed by atoms with Crippen LogP contribution in [0.15, 0.2) is 24.3 Å².